The van der Waals surface area contributed by atoms with E-state index in [0.29, 0.717) is 12.8 Å². The van der Waals surface area contributed by atoms with E-state index in [2.05, 4.69) is 22.6 Å². The Morgan fingerprint density at radius 2 is 1.89 bits per heavy atom. The number of likely N-dealkylation sites (N-methyl/N-ethyl adjacent to an activating group) is 1. The molecule has 192 valence electrons. The maximum atomic E-state index is 12.9. The molecule has 3 fully saturated rings. The Labute approximate surface area is 207 Å². The van der Waals surface area contributed by atoms with Crippen molar-refractivity contribution in [2.24, 2.45) is 0 Å². The summed E-state index contributed by atoms with van der Waals surface area (Å²) >= 11 is 0. The molecule has 3 N–H and O–H groups in total. The lowest BCUT2D eigenvalue weighted by molar-refractivity contribution is -0.150. The number of carbonyl (C=O) groups is 2. The Morgan fingerprint density at radius 1 is 1.11 bits per heavy atom. The third-order valence-corrected chi connectivity index (χ3v) is 7.96. The van der Waals surface area contributed by atoms with Gasteiger partial charge in [0.25, 0.3) is 0 Å². The number of hydrogen-bond acceptors (Lipinski definition) is 6. The van der Waals surface area contributed by atoms with Crippen molar-refractivity contribution in [1.82, 2.24) is 15.1 Å². The van der Waals surface area contributed by atoms with Crippen LogP contribution < -0.4 is 15.4 Å². The van der Waals surface area contributed by atoms with Gasteiger partial charge < -0.3 is 35.0 Å². The van der Waals surface area contributed by atoms with Gasteiger partial charge in [-0.3, -0.25) is 4.79 Å². The third-order valence-electron chi connectivity index (χ3n) is 7.96. The molecule has 0 bridgehead atoms. The van der Waals surface area contributed by atoms with Crippen LogP contribution in [0.3, 0.4) is 0 Å². The van der Waals surface area contributed by atoms with Gasteiger partial charge in [0.1, 0.15) is 18.0 Å². The van der Waals surface area contributed by atoms with Gasteiger partial charge in [-0.1, -0.05) is 19.3 Å². The molecule has 3 aliphatic heterocycles. The molecule has 2 saturated heterocycles. The first kappa shape index (κ1) is 24.3. The molecule has 9 nitrogen and oxygen atoms in total. The van der Waals surface area contributed by atoms with Crippen LogP contribution in [0.5, 0.6) is 5.75 Å². The first-order valence-corrected chi connectivity index (χ1v) is 13.1. The number of piperazine rings is 1. The molecule has 9 heteroatoms. The van der Waals surface area contributed by atoms with Crippen molar-refractivity contribution in [3.05, 3.63) is 23.8 Å². The first-order chi connectivity index (χ1) is 17.0. The quantitative estimate of drug-likeness (QED) is 0.590. The van der Waals surface area contributed by atoms with Gasteiger partial charge in [-0.15, -0.1) is 0 Å². The summed E-state index contributed by atoms with van der Waals surface area (Å²) in [4.78, 5) is 29.6. The highest BCUT2D eigenvalue weighted by molar-refractivity contribution is 5.89. The van der Waals surface area contributed by atoms with E-state index < -0.39 is 6.10 Å². The number of hydrogen-bond donors (Lipinski definition) is 3. The number of nitrogens with zero attached hydrogens (tertiary/aromatic N) is 2. The van der Waals surface area contributed by atoms with E-state index in [1.165, 1.54) is 6.42 Å². The van der Waals surface area contributed by atoms with Crippen molar-refractivity contribution in [2.75, 3.05) is 45.2 Å². The minimum atomic E-state index is -0.488. The summed E-state index contributed by atoms with van der Waals surface area (Å²) in [7, 11) is 2.07. The van der Waals surface area contributed by atoms with E-state index in [9.17, 15) is 14.7 Å². The number of ether oxygens (including phenoxy) is 2. The number of nitrogens with one attached hydrogen (secondary N) is 2. The Morgan fingerprint density at radius 3 is 2.63 bits per heavy atom. The third kappa shape index (κ3) is 5.57. The second-order valence-electron chi connectivity index (χ2n) is 10.5. The fourth-order valence-electron chi connectivity index (χ4n) is 5.95. The lowest BCUT2D eigenvalue weighted by Gasteiger charge is -2.38. The molecule has 4 aliphatic rings. The van der Waals surface area contributed by atoms with Gasteiger partial charge in [0.2, 0.25) is 5.91 Å². The average molecular weight is 487 g/mol. The van der Waals surface area contributed by atoms with E-state index >= 15 is 0 Å². The summed E-state index contributed by atoms with van der Waals surface area (Å²) in [5.74, 6) is 0.864. The molecule has 4 atom stereocenters. The zero-order valence-corrected chi connectivity index (χ0v) is 20.6. The van der Waals surface area contributed by atoms with Crippen LogP contribution in [0.2, 0.25) is 0 Å². The van der Waals surface area contributed by atoms with E-state index in [1.54, 1.807) is 0 Å². The number of aliphatic hydroxyl groups excluding tert-OH is 1. The summed E-state index contributed by atoms with van der Waals surface area (Å²) in [6.07, 6.45) is 5.53. The van der Waals surface area contributed by atoms with Crippen molar-refractivity contribution in [1.29, 1.82) is 0 Å². The van der Waals surface area contributed by atoms with Crippen LogP contribution in [-0.2, 0) is 9.53 Å². The van der Waals surface area contributed by atoms with Crippen molar-refractivity contribution in [2.45, 2.75) is 75.2 Å². The molecule has 0 spiro atoms. The van der Waals surface area contributed by atoms with Crippen LogP contribution in [-0.4, -0.2) is 91.0 Å². The lowest BCUT2D eigenvalue weighted by Crippen LogP contribution is -2.50. The van der Waals surface area contributed by atoms with Gasteiger partial charge >= 0.3 is 6.03 Å². The minimum absolute atomic E-state index is 0.00402. The summed E-state index contributed by atoms with van der Waals surface area (Å²) in [5.41, 5.74) is 1.72. The van der Waals surface area contributed by atoms with Gasteiger partial charge in [0.15, 0.2) is 0 Å². The molecular weight excluding hydrogens is 448 g/mol. The van der Waals surface area contributed by atoms with Crippen LogP contribution in [0.1, 0.15) is 56.4 Å². The average Bonchev–Trinajstić information content (AvgIpc) is 3.22. The highest BCUT2D eigenvalue weighted by atomic mass is 16.6. The molecule has 0 radical (unpaired) electrons. The number of amides is 3. The van der Waals surface area contributed by atoms with Gasteiger partial charge in [0, 0.05) is 49.4 Å². The number of rotatable bonds is 5. The maximum absolute atomic E-state index is 12.9. The Hall–Kier alpha value is -2.36. The fourth-order valence-corrected chi connectivity index (χ4v) is 5.95. The molecule has 1 aromatic carbocycles. The standard InChI is InChI=1S/C26H38N4O5/c1-29-9-11-30(12-10-29)24(32)15-19-14-21-20-13-18(28-26(33)27-17-5-3-2-4-6-17)7-8-22(20)35-25(21)23(16-31)34-19/h7-8,13,17,19,21,23,25,31H,2-6,9-12,14-16H2,1H3,(H2,27,28,33)/t19-,21-,23+,25+/m0/s1. The van der Waals surface area contributed by atoms with Crippen molar-refractivity contribution >= 4 is 17.6 Å². The summed E-state index contributed by atoms with van der Waals surface area (Å²) in [5, 5.41) is 16.1. The molecule has 1 aliphatic carbocycles. The SMILES string of the molecule is CN1CCN(C(=O)C[C@@H]2C[C@H]3c4cc(NC(=O)NC5CCCCC5)ccc4O[C@H]3[C@@H](CO)O2)CC1. The monoisotopic (exact) mass is 486 g/mol. The predicted molar refractivity (Wildman–Crippen MR) is 132 cm³/mol. The lowest BCUT2D eigenvalue weighted by atomic mass is 9.84. The normalized spacial score (nSPS) is 29.1. The molecule has 1 saturated carbocycles. The van der Waals surface area contributed by atoms with Crippen LogP contribution in [0, 0.1) is 0 Å². The van der Waals surface area contributed by atoms with Gasteiger partial charge in [-0.2, -0.15) is 0 Å². The van der Waals surface area contributed by atoms with Crippen molar-refractivity contribution in [3.63, 3.8) is 0 Å². The first-order valence-electron chi connectivity index (χ1n) is 13.1. The Bertz CT molecular complexity index is 913. The topological polar surface area (TPSA) is 103 Å². The minimum Gasteiger partial charge on any atom is -0.487 e. The van der Waals surface area contributed by atoms with Crippen molar-refractivity contribution < 1.29 is 24.2 Å². The molecule has 0 aromatic heterocycles. The maximum Gasteiger partial charge on any atom is 0.319 e. The highest BCUT2D eigenvalue weighted by Crippen LogP contribution is 2.47. The summed E-state index contributed by atoms with van der Waals surface area (Å²) in [6, 6.07) is 5.76. The number of carbonyl (C=O) groups excluding carboxylic acids is 2. The number of anilines is 1. The van der Waals surface area contributed by atoms with Crippen LogP contribution in [0.4, 0.5) is 10.5 Å². The number of urea groups is 1. The molecule has 1 aromatic rings. The molecule has 5 rings (SSSR count). The fraction of sp³-hybridized carbons (Fsp3) is 0.692. The number of aliphatic hydroxyl groups is 1. The van der Waals surface area contributed by atoms with Crippen LogP contribution in [0.25, 0.3) is 0 Å². The zero-order valence-electron chi connectivity index (χ0n) is 20.6. The molecule has 3 amide bonds. The molecule has 35 heavy (non-hydrogen) atoms. The van der Waals surface area contributed by atoms with E-state index in [0.717, 1.165) is 68.9 Å². The molecule has 3 heterocycles. The van der Waals surface area contributed by atoms with Gasteiger partial charge in [0.05, 0.1) is 19.1 Å². The van der Waals surface area contributed by atoms with Crippen molar-refractivity contribution in [3.8, 4) is 5.75 Å². The van der Waals surface area contributed by atoms with Crippen LogP contribution in [0.15, 0.2) is 18.2 Å². The van der Waals surface area contributed by atoms with Gasteiger partial charge in [-0.25, -0.2) is 4.79 Å². The van der Waals surface area contributed by atoms with E-state index in [-0.39, 0.29) is 42.7 Å². The largest absolute Gasteiger partial charge is 0.487 e. The smallest absolute Gasteiger partial charge is 0.319 e. The predicted octanol–water partition coefficient (Wildman–Crippen LogP) is 2.30. The summed E-state index contributed by atoms with van der Waals surface area (Å²) in [6.45, 7) is 3.07. The molecule has 0 unspecified atom stereocenters. The molecular formula is C26H38N4O5. The van der Waals surface area contributed by atoms with Crippen LogP contribution >= 0.6 is 0 Å². The van der Waals surface area contributed by atoms with E-state index in [4.69, 9.17) is 9.47 Å². The second kappa shape index (κ2) is 10.7. The zero-order chi connectivity index (χ0) is 24.4. The summed E-state index contributed by atoms with van der Waals surface area (Å²) < 4.78 is 12.3. The van der Waals surface area contributed by atoms with Gasteiger partial charge in [-0.05, 0) is 44.5 Å². The Balaban J connectivity index is 1.24. The number of benzene rings is 1. The highest BCUT2D eigenvalue weighted by Gasteiger charge is 2.46. The second-order valence-corrected chi connectivity index (χ2v) is 10.5. The Kier molecular flexibility index (Phi) is 7.45. The number of fused-ring (bicyclic) bond motifs is 3. The van der Waals surface area contributed by atoms with E-state index in [1.807, 2.05) is 23.1 Å².